The Labute approximate surface area is 148 Å². The zero-order valence-electron chi connectivity index (χ0n) is 14.9. The Kier molecular flexibility index (Phi) is 5.21. The lowest BCUT2D eigenvalue weighted by molar-refractivity contribution is 0.0703. The molecule has 0 spiro atoms. The van der Waals surface area contributed by atoms with E-state index in [0.717, 1.165) is 29.4 Å². The van der Waals surface area contributed by atoms with E-state index < -0.39 is 0 Å². The van der Waals surface area contributed by atoms with Crippen molar-refractivity contribution in [2.45, 2.75) is 37.1 Å². The molecule has 1 aliphatic carbocycles. The average molecular weight is 346 g/mol. The van der Waals surface area contributed by atoms with E-state index in [0.29, 0.717) is 23.6 Å². The Morgan fingerprint density at radius 1 is 1.25 bits per heavy atom. The van der Waals surface area contributed by atoms with Crippen molar-refractivity contribution in [1.29, 1.82) is 0 Å². The van der Waals surface area contributed by atoms with Crippen LogP contribution < -0.4 is 0 Å². The third kappa shape index (κ3) is 3.33. The van der Waals surface area contributed by atoms with Gasteiger partial charge in [0, 0.05) is 35.8 Å². The fourth-order valence-corrected chi connectivity index (χ4v) is 4.34. The minimum atomic E-state index is 0.00908. The van der Waals surface area contributed by atoms with Crippen molar-refractivity contribution < 1.29 is 9.21 Å². The molecule has 4 nitrogen and oxygen atoms in total. The molecule has 130 valence electrons. The second kappa shape index (κ2) is 7.19. The van der Waals surface area contributed by atoms with Gasteiger partial charge in [0.15, 0.2) is 5.76 Å². The molecule has 0 aliphatic heterocycles. The predicted octanol–water partition coefficient (Wildman–Crippen LogP) is 3.85. The first-order chi connectivity index (χ1) is 11.5. The van der Waals surface area contributed by atoms with Gasteiger partial charge < -0.3 is 14.2 Å². The Morgan fingerprint density at radius 3 is 2.67 bits per heavy atom. The largest absolute Gasteiger partial charge is 0.451 e. The lowest BCUT2D eigenvalue weighted by Crippen LogP contribution is -2.36. The number of carbonyl (C=O) groups is 1. The molecule has 1 aliphatic rings. The van der Waals surface area contributed by atoms with E-state index in [1.807, 2.05) is 62.1 Å². The van der Waals surface area contributed by atoms with Crippen LogP contribution in [0.3, 0.4) is 0 Å². The second-order valence-corrected chi connectivity index (χ2v) is 8.02. The summed E-state index contributed by atoms with van der Waals surface area (Å²) in [5, 5.41) is 1.71. The highest BCUT2D eigenvalue weighted by Gasteiger charge is 2.32. The Bertz CT molecular complexity index is 725. The zero-order chi connectivity index (χ0) is 17.3. The number of nitrogens with zero attached hydrogens (tertiary/aromatic N) is 2. The van der Waals surface area contributed by atoms with Gasteiger partial charge in [-0.25, -0.2) is 0 Å². The molecule has 0 saturated heterocycles. The molecule has 0 N–H and O–H groups in total. The molecule has 1 aromatic carbocycles. The van der Waals surface area contributed by atoms with Crippen LogP contribution in [0.2, 0.25) is 0 Å². The van der Waals surface area contributed by atoms with E-state index in [9.17, 15) is 4.79 Å². The smallest absolute Gasteiger partial charge is 0.289 e. The molecule has 24 heavy (non-hydrogen) atoms. The highest BCUT2D eigenvalue weighted by atomic mass is 32.2. The first-order valence-electron chi connectivity index (χ1n) is 8.46. The van der Waals surface area contributed by atoms with Crippen molar-refractivity contribution in [3.63, 3.8) is 0 Å². The number of benzene rings is 1. The minimum Gasteiger partial charge on any atom is -0.451 e. The zero-order valence-corrected chi connectivity index (χ0v) is 15.7. The van der Waals surface area contributed by atoms with Gasteiger partial charge in [-0.1, -0.05) is 18.2 Å². The lowest BCUT2D eigenvalue weighted by Gasteiger charge is -2.24. The number of amides is 1. The number of rotatable bonds is 5. The predicted molar refractivity (Wildman–Crippen MR) is 101 cm³/mol. The van der Waals surface area contributed by atoms with Crippen molar-refractivity contribution >= 4 is 28.6 Å². The lowest BCUT2D eigenvalue weighted by atomic mass is 10.1. The van der Waals surface area contributed by atoms with Gasteiger partial charge in [-0.05, 0) is 45.7 Å². The van der Waals surface area contributed by atoms with E-state index in [1.165, 1.54) is 6.42 Å². The summed E-state index contributed by atoms with van der Waals surface area (Å²) in [7, 11) is 5.95. The van der Waals surface area contributed by atoms with Gasteiger partial charge >= 0.3 is 0 Å². The Morgan fingerprint density at radius 2 is 2.00 bits per heavy atom. The van der Waals surface area contributed by atoms with Crippen molar-refractivity contribution in [2.75, 3.05) is 27.4 Å². The van der Waals surface area contributed by atoms with Gasteiger partial charge in [0.05, 0.1) is 0 Å². The summed E-state index contributed by atoms with van der Waals surface area (Å²) in [4.78, 5) is 17.1. The van der Waals surface area contributed by atoms with E-state index in [4.69, 9.17) is 4.42 Å². The van der Waals surface area contributed by atoms with Crippen LogP contribution in [0.5, 0.6) is 0 Å². The number of carbonyl (C=O) groups excluding carboxylic acids is 1. The van der Waals surface area contributed by atoms with E-state index in [1.54, 1.807) is 0 Å². The molecule has 3 rings (SSSR count). The maximum atomic E-state index is 13.1. The SMILES string of the molecule is CSC1CCC(N(C)C(=O)c2oc3ccccc3c2CN(C)C)C1. The van der Waals surface area contributed by atoms with Crippen LogP contribution in [0.15, 0.2) is 28.7 Å². The monoisotopic (exact) mass is 346 g/mol. The van der Waals surface area contributed by atoms with Crippen LogP contribution in [-0.4, -0.2) is 54.4 Å². The first kappa shape index (κ1) is 17.4. The molecule has 2 atom stereocenters. The maximum absolute atomic E-state index is 13.1. The summed E-state index contributed by atoms with van der Waals surface area (Å²) < 4.78 is 5.97. The summed E-state index contributed by atoms with van der Waals surface area (Å²) in [6.45, 7) is 0.698. The van der Waals surface area contributed by atoms with Crippen molar-refractivity contribution in [3.8, 4) is 0 Å². The van der Waals surface area contributed by atoms with Gasteiger partial charge in [0.1, 0.15) is 5.58 Å². The molecule has 1 saturated carbocycles. The van der Waals surface area contributed by atoms with Crippen LogP contribution in [-0.2, 0) is 6.54 Å². The van der Waals surface area contributed by atoms with Gasteiger partial charge in [-0.3, -0.25) is 4.79 Å². The number of hydrogen-bond donors (Lipinski definition) is 0. The van der Waals surface area contributed by atoms with Crippen LogP contribution in [0.25, 0.3) is 11.0 Å². The fraction of sp³-hybridized carbons (Fsp3) is 0.526. The number of furan rings is 1. The van der Waals surface area contributed by atoms with E-state index in [2.05, 4.69) is 11.2 Å². The number of thioether (sulfide) groups is 1. The molecule has 5 heteroatoms. The Balaban J connectivity index is 1.91. The minimum absolute atomic E-state index is 0.00908. The summed E-state index contributed by atoms with van der Waals surface area (Å²) in [5.41, 5.74) is 1.78. The van der Waals surface area contributed by atoms with Gasteiger partial charge in [-0.2, -0.15) is 11.8 Å². The molecule has 2 aromatic rings. The summed E-state index contributed by atoms with van der Waals surface area (Å²) >= 11 is 1.91. The number of para-hydroxylation sites is 1. The van der Waals surface area contributed by atoms with E-state index in [-0.39, 0.29) is 5.91 Å². The summed E-state index contributed by atoms with van der Waals surface area (Å²) in [6, 6.07) is 8.23. The molecular formula is C19H26N2O2S. The van der Waals surface area contributed by atoms with Crippen LogP contribution in [0.1, 0.15) is 35.4 Å². The topological polar surface area (TPSA) is 36.7 Å². The second-order valence-electron chi connectivity index (χ2n) is 6.88. The fourth-order valence-electron chi connectivity index (χ4n) is 3.55. The quantitative estimate of drug-likeness (QED) is 0.824. The Hall–Kier alpha value is -1.46. The molecule has 1 amide bonds. The molecule has 2 unspecified atom stereocenters. The summed E-state index contributed by atoms with van der Waals surface area (Å²) in [6.07, 6.45) is 5.50. The summed E-state index contributed by atoms with van der Waals surface area (Å²) in [5.74, 6) is 0.509. The molecule has 0 radical (unpaired) electrons. The average Bonchev–Trinajstić information content (AvgIpc) is 3.18. The normalized spacial score (nSPS) is 20.9. The third-order valence-electron chi connectivity index (χ3n) is 4.93. The number of hydrogen-bond acceptors (Lipinski definition) is 4. The highest BCUT2D eigenvalue weighted by molar-refractivity contribution is 7.99. The number of fused-ring (bicyclic) bond motifs is 1. The molecule has 0 bridgehead atoms. The maximum Gasteiger partial charge on any atom is 0.289 e. The van der Waals surface area contributed by atoms with Crippen molar-refractivity contribution in [3.05, 3.63) is 35.6 Å². The van der Waals surface area contributed by atoms with Crippen molar-refractivity contribution in [1.82, 2.24) is 9.80 Å². The van der Waals surface area contributed by atoms with Gasteiger partial charge in [0.2, 0.25) is 0 Å². The molecule has 1 aromatic heterocycles. The van der Waals surface area contributed by atoms with E-state index >= 15 is 0 Å². The van der Waals surface area contributed by atoms with Crippen molar-refractivity contribution in [2.24, 2.45) is 0 Å². The molecular weight excluding hydrogens is 320 g/mol. The molecule has 1 heterocycles. The van der Waals surface area contributed by atoms with Crippen LogP contribution >= 0.6 is 11.8 Å². The highest BCUT2D eigenvalue weighted by Crippen LogP contribution is 2.33. The third-order valence-corrected chi connectivity index (χ3v) is 6.02. The van der Waals surface area contributed by atoms with Crippen LogP contribution in [0, 0.1) is 0 Å². The standard InChI is InChI=1S/C19H26N2O2S/c1-20(2)12-16-15-7-5-6-8-17(15)23-18(16)19(22)21(3)13-9-10-14(11-13)24-4/h5-8,13-14H,9-12H2,1-4H3. The van der Waals surface area contributed by atoms with Gasteiger partial charge in [-0.15, -0.1) is 0 Å². The molecule has 1 fully saturated rings. The first-order valence-corrected chi connectivity index (χ1v) is 9.75. The van der Waals surface area contributed by atoms with Crippen LogP contribution in [0.4, 0.5) is 0 Å². The van der Waals surface area contributed by atoms with Gasteiger partial charge in [0.25, 0.3) is 5.91 Å².